The van der Waals surface area contributed by atoms with E-state index in [-0.39, 0.29) is 20.4 Å². The fraction of sp³-hybridized carbons (Fsp3) is 0.771. The van der Waals surface area contributed by atoms with Gasteiger partial charge in [-0.15, -0.1) is 0 Å². The molecule has 0 saturated carbocycles. The molecule has 2 nitrogen and oxygen atoms in total. The van der Waals surface area contributed by atoms with E-state index in [4.69, 9.17) is 9.98 Å². The van der Waals surface area contributed by atoms with Gasteiger partial charge in [0.25, 0.3) is 0 Å². The van der Waals surface area contributed by atoms with Crippen LogP contribution in [0.25, 0.3) is 0 Å². The molecule has 0 aliphatic carbocycles. The standard InChI is InChI=1S/C70H120N2.Pd/c1-4-7-10-12-14-16-18-20-22-24-26-27-28-29-30-31-32-33-34-36-38-40-42-44-46-48-50-56-64-69(71-67-60-54-51-55-61-67)70(63-52-9-6-3)72-68-62-57-59-66(65-68)58-53-49-47-45-43-41-39-37-35-25-23-21-19-17-15-13-11-8-5-2;/h51,54-55,57,59-62,65H,4-50,52,56,63-64H2,1-3H3;/b71-69-,72-70+;. The van der Waals surface area contributed by atoms with Crippen LogP contribution >= 0.6 is 0 Å². The number of unbranched alkanes of at least 4 members (excludes halogenated alkanes) is 46. The molecule has 0 N–H and O–H groups in total. The molecule has 420 valence electrons. The zero-order valence-corrected chi connectivity index (χ0v) is 50.5. The van der Waals surface area contributed by atoms with Crippen molar-refractivity contribution in [1.29, 1.82) is 0 Å². The Labute approximate surface area is 470 Å². The van der Waals surface area contributed by atoms with Gasteiger partial charge in [0.2, 0.25) is 0 Å². The second-order valence-corrected chi connectivity index (χ2v) is 22.5. The van der Waals surface area contributed by atoms with Crippen molar-refractivity contribution in [3.63, 3.8) is 0 Å². The van der Waals surface area contributed by atoms with Crippen molar-refractivity contribution in [2.75, 3.05) is 0 Å². The minimum Gasteiger partial charge on any atom is -0.252 e. The summed E-state index contributed by atoms with van der Waals surface area (Å²) in [5.74, 6) is 6.98. The van der Waals surface area contributed by atoms with Gasteiger partial charge in [0, 0.05) is 32.4 Å². The van der Waals surface area contributed by atoms with Crippen LogP contribution in [0, 0.1) is 11.8 Å². The molecule has 2 aromatic carbocycles. The molecule has 0 heterocycles. The fourth-order valence-electron chi connectivity index (χ4n) is 10.6. The van der Waals surface area contributed by atoms with Crippen molar-refractivity contribution in [3.8, 4) is 11.8 Å². The summed E-state index contributed by atoms with van der Waals surface area (Å²) in [6, 6.07) is 19.2. The first kappa shape index (κ1) is 69.0. The maximum absolute atomic E-state index is 5.36. The van der Waals surface area contributed by atoms with E-state index >= 15 is 0 Å². The molecule has 0 amide bonds. The summed E-state index contributed by atoms with van der Waals surface area (Å²) in [6.45, 7) is 6.91. The van der Waals surface area contributed by atoms with Gasteiger partial charge in [0.05, 0.1) is 22.8 Å². The minimum absolute atomic E-state index is 0. The van der Waals surface area contributed by atoms with Gasteiger partial charge in [-0.3, -0.25) is 9.98 Å². The van der Waals surface area contributed by atoms with E-state index in [9.17, 15) is 0 Å². The molecule has 0 fully saturated rings. The first-order valence-corrected chi connectivity index (χ1v) is 32.6. The van der Waals surface area contributed by atoms with Crippen LogP contribution < -0.4 is 0 Å². The number of benzene rings is 2. The van der Waals surface area contributed by atoms with Crippen LogP contribution in [-0.2, 0) is 20.4 Å². The van der Waals surface area contributed by atoms with Crippen LogP contribution in [0.2, 0.25) is 0 Å². The number of rotatable bonds is 53. The normalized spacial score (nSPS) is 11.8. The summed E-state index contributed by atoms with van der Waals surface area (Å²) in [4.78, 5) is 10.6. The zero-order chi connectivity index (χ0) is 51.1. The molecule has 0 unspecified atom stereocenters. The summed E-state index contributed by atoms with van der Waals surface area (Å²) < 4.78 is 0. The summed E-state index contributed by atoms with van der Waals surface area (Å²) in [5.41, 5.74) is 5.49. The number of hydrogen-bond acceptors (Lipinski definition) is 2. The predicted molar refractivity (Wildman–Crippen MR) is 326 cm³/mol. The number of para-hydroxylation sites is 1. The number of hydrogen-bond donors (Lipinski definition) is 0. The third-order valence-corrected chi connectivity index (χ3v) is 15.4. The van der Waals surface area contributed by atoms with Crippen LogP contribution in [0.4, 0.5) is 11.4 Å². The first-order valence-electron chi connectivity index (χ1n) is 32.6. The molecule has 2 rings (SSSR count). The Hall–Kier alpha value is -2.00. The zero-order valence-electron chi connectivity index (χ0n) is 49.0. The molecule has 0 radical (unpaired) electrons. The molecule has 0 bridgehead atoms. The Morgan fingerprint density at radius 2 is 0.575 bits per heavy atom. The van der Waals surface area contributed by atoms with Crippen LogP contribution in [0.15, 0.2) is 64.6 Å². The van der Waals surface area contributed by atoms with Crippen LogP contribution in [-0.4, -0.2) is 11.4 Å². The molecule has 73 heavy (non-hydrogen) atoms. The van der Waals surface area contributed by atoms with Gasteiger partial charge < -0.3 is 0 Å². The van der Waals surface area contributed by atoms with E-state index in [1.807, 2.05) is 0 Å². The van der Waals surface area contributed by atoms with Crippen molar-refractivity contribution < 1.29 is 20.4 Å². The van der Waals surface area contributed by atoms with Crippen molar-refractivity contribution >= 4 is 22.8 Å². The quantitative estimate of drug-likeness (QED) is 0.0273. The van der Waals surface area contributed by atoms with Gasteiger partial charge in [-0.1, -0.05) is 346 Å². The monoisotopic (exact) mass is 1090 g/mol. The summed E-state index contributed by atoms with van der Waals surface area (Å²) in [5, 5.41) is 0. The van der Waals surface area contributed by atoms with E-state index in [0.29, 0.717) is 0 Å². The molecule has 0 aliphatic heterocycles. The average Bonchev–Trinajstić information content (AvgIpc) is 3.40. The van der Waals surface area contributed by atoms with E-state index in [2.05, 4.69) is 87.2 Å². The smallest absolute Gasteiger partial charge is 0.0646 e. The van der Waals surface area contributed by atoms with Crippen molar-refractivity contribution in [2.45, 2.75) is 348 Å². The second-order valence-electron chi connectivity index (χ2n) is 22.5. The number of aliphatic imine (C=N–C) groups is 2. The van der Waals surface area contributed by atoms with Crippen LogP contribution in [0.1, 0.15) is 354 Å². The van der Waals surface area contributed by atoms with E-state index in [0.717, 1.165) is 42.6 Å². The fourth-order valence-corrected chi connectivity index (χ4v) is 10.6. The van der Waals surface area contributed by atoms with Gasteiger partial charge in [0.1, 0.15) is 0 Å². The topological polar surface area (TPSA) is 24.7 Å². The molecule has 0 spiro atoms. The Morgan fingerprint density at radius 1 is 0.301 bits per heavy atom. The van der Waals surface area contributed by atoms with Crippen LogP contribution in [0.5, 0.6) is 0 Å². The van der Waals surface area contributed by atoms with Crippen molar-refractivity contribution in [1.82, 2.24) is 0 Å². The van der Waals surface area contributed by atoms with E-state index in [1.54, 1.807) is 0 Å². The minimum atomic E-state index is 0. The predicted octanol–water partition coefficient (Wildman–Crippen LogP) is 24.8. The maximum atomic E-state index is 5.36. The average molecular weight is 1100 g/mol. The Balaban J connectivity index is 0.0000266. The van der Waals surface area contributed by atoms with E-state index in [1.165, 1.54) is 313 Å². The van der Waals surface area contributed by atoms with Gasteiger partial charge in [-0.05, 0) is 62.4 Å². The largest absolute Gasteiger partial charge is 0.252 e. The summed E-state index contributed by atoms with van der Waals surface area (Å²) >= 11 is 0. The third kappa shape index (κ3) is 45.9. The van der Waals surface area contributed by atoms with Gasteiger partial charge in [0.15, 0.2) is 0 Å². The second kappa shape index (κ2) is 56.2. The molecular weight excluding hydrogens is 975 g/mol. The molecular formula is C70H120N2Pd. The van der Waals surface area contributed by atoms with E-state index < -0.39 is 0 Å². The molecule has 0 aromatic heterocycles. The Morgan fingerprint density at radius 3 is 0.932 bits per heavy atom. The summed E-state index contributed by atoms with van der Waals surface area (Å²) in [7, 11) is 0. The maximum Gasteiger partial charge on any atom is 0.0646 e. The molecule has 3 heteroatoms. The summed E-state index contributed by atoms with van der Waals surface area (Å²) in [6.07, 6.45) is 70.6. The van der Waals surface area contributed by atoms with Crippen molar-refractivity contribution in [2.24, 2.45) is 9.98 Å². The SMILES string of the molecule is CCCCCCCCCCCCCCCCCCCC#Cc1cccc(/N=C(CCCCC)/C(CCCCCCCCCCCCCCCCCCCCCCCCCCCCCC)=N\c2ccccc2)c1.[Pd]. The van der Waals surface area contributed by atoms with Crippen molar-refractivity contribution in [3.05, 3.63) is 60.2 Å². The molecule has 0 saturated heterocycles. The molecule has 2 aromatic rings. The van der Waals surface area contributed by atoms with Gasteiger partial charge in [-0.25, -0.2) is 0 Å². The molecule has 0 atom stereocenters. The Bertz CT molecular complexity index is 1550. The van der Waals surface area contributed by atoms with Gasteiger partial charge in [-0.2, -0.15) is 0 Å². The first-order chi connectivity index (χ1) is 35.8. The third-order valence-electron chi connectivity index (χ3n) is 15.4. The van der Waals surface area contributed by atoms with Crippen LogP contribution in [0.3, 0.4) is 0 Å². The molecule has 0 aliphatic rings. The Kier molecular flexibility index (Phi) is 53.1. The van der Waals surface area contributed by atoms with Gasteiger partial charge >= 0.3 is 0 Å². The number of nitrogens with zero attached hydrogens (tertiary/aromatic N) is 2.